The topological polar surface area (TPSA) is 0 Å². The van der Waals surface area contributed by atoms with Crippen LogP contribution in [0.1, 0.15) is 0 Å². The first kappa shape index (κ1) is 38.7. The molecule has 0 spiro atoms. The molecule has 0 nitrogen and oxygen atoms in total. The number of rotatable bonds is 4. The molecule has 0 saturated heterocycles. The highest BCUT2D eigenvalue weighted by Crippen LogP contribution is 2.18. The molecule has 10 heteroatoms. The van der Waals surface area contributed by atoms with E-state index in [1.54, 1.807) is 35.5 Å². The number of hydrogen-bond donors (Lipinski definition) is 0. The van der Waals surface area contributed by atoms with Gasteiger partial charge >= 0.3 is 18.2 Å². The van der Waals surface area contributed by atoms with Gasteiger partial charge in [0.25, 0.3) is 0 Å². The summed E-state index contributed by atoms with van der Waals surface area (Å²) in [6, 6.07) is 43.6. The van der Waals surface area contributed by atoms with Crippen LogP contribution in [0.3, 0.4) is 0 Å². The second kappa shape index (κ2) is 16.6. The minimum Gasteiger partial charge on any atom is -0.234 e. The van der Waals surface area contributed by atoms with E-state index in [1.807, 2.05) is 0 Å². The summed E-state index contributed by atoms with van der Waals surface area (Å²) in [4.78, 5) is 0. The summed E-state index contributed by atoms with van der Waals surface area (Å²) >= 11 is 0. The Morgan fingerprint density at radius 3 is 1.02 bits per heavy atom. The lowest BCUT2D eigenvalue weighted by Crippen LogP contribution is -2.37. The van der Waals surface area contributed by atoms with Gasteiger partial charge in [-0.05, 0) is 21.5 Å². The Labute approximate surface area is 285 Å². The minimum absolute atomic E-state index is 0.314. The van der Waals surface area contributed by atoms with Crippen LogP contribution in [-0.2, 0) is 0 Å². The molecule has 0 N–H and O–H groups in total. The van der Waals surface area contributed by atoms with E-state index in [2.05, 4.69) is 112 Å². The Morgan fingerprint density at radius 1 is 0.312 bits per heavy atom. The van der Waals surface area contributed by atoms with E-state index in [0.29, 0.717) is 10.8 Å². The SMILES string of the molecule is C[Si](C)(C)c1cccc2ccccc12.C[Si](C)(C)c1ccccc1.F[Si](F)(F)c1cccc2ccccc12.F[Si](F)(F)c1ccccc1. The molecule has 0 aliphatic rings. The summed E-state index contributed by atoms with van der Waals surface area (Å²) in [6.45, 7) is 14.3. The summed E-state index contributed by atoms with van der Waals surface area (Å²) in [6.07, 6.45) is 0. The van der Waals surface area contributed by atoms with Crippen molar-refractivity contribution < 1.29 is 24.6 Å². The Kier molecular flexibility index (Phi) is 13.4. The summed E-state index contributed by atoms with van der Waals surface area (Å²) in [7, 11) is -13.5. The Bertz CT molecular complexity index is 1710. The number of benzene rings is 6. The normalized spacial score (nSPS) is 11.8. The molecule has 0 atom stereocenters. The maximum atomic E-state index is 12.7. The van der Waals surface area contributed by atoms with Gasteiger partial charge in [0.15, 0.2) is 0 Å². The second-order valence-electron chi connectivity index (χ2n) is 13.3. The molecule has 252 valence electrons. The van der Waals surface area contributed by atoms with Crippen LogP contribution < -0.4 is 20.7 Å². The average molecular weight is 725 g/mol. The van der Waals surface area contributed by atoms with Gasteiger partial charge in [-0.25, -0.2) is 24.6 Å². The first-order valence-electron chi connectivity index (χ1n) is 15.6. The van der Waals surface area contributed by atoms with E-state index >= 15 is 0 Å². The largest absolute Gasteiger partial charge is 0.653 e. The van der Waals surface area contributed by atoms with Crippen molar-refractivity contribution in [2.45, 2.75) is 39.3 Å². The van der Waals surface area contributed by atoms with Crippen LogP contribution in [0.4, 0.5) is 24.6 Å². The molecule has 0 amide bonds. The maximum absolute atomic E-state index is 12.7. The molecule has 6 aromatic rings. The van der Waals surface area contributed by atoms with Crippen LogP contribution in [0.15, 0.2) is 146 Å². The molecule has 0 saturated carbocycles. The number of hydrogen-bond acceptors (Lipinski definition) is 0. The molecular weight excluding hydrogens is 683 g/mol. The first-order chi connectivity index (χ1) is 22.4. The van der Waals surface area contributed by atoms with Gasteiger partial charge in [0, 0.05) is 10.4 Å². The third-order valence-corrected chi connectivity index (χ3v) is 13.6. The van der Waals surface area contributed by atoms with Crippen molar-refractivity contribution in [1.82, 2.24) is 0 Å². The summed E-state index contributed by atoms with van der Waals surface area (Å²) in [5.41, 5.74) is 0. The van der Waals surface area contributed by atoms with Gasteiger partial charge in [-0.2, -0.15) is 0 Å². The van der Waals surface area contributed by atoms with Crippen molar-refractivity contribution in [2.24, 2.45) is 0 Å². The van der Waals surface area contributed by atoms with E-state index in [1.165, 1.54) is 40.2 Å². The van der Waals surface area contributed by atoms with Crippen molar-refractivity contribution in [3.05, 3.63) is 146 Å². The fourth-order valence-corrected chi connectivity index (χ4v) is 9.13. The average Bonchev–Trinajstić information content (AvgIpc) is 3.04. The van der Waals surface area contributed by atoms with E-state index < -0.39 is 44.7 Å². The van der Waals surface area contributed by atoms with Gasteiger partial charge in [0.2, 0.25) is 0 Å². The van der Waals surface area contributed by atoms with Crippen molar-refractivity contribution in [3.63, 3.8) is 0 Å². The highest BCUT2D eigenvalue weighted by atomic mass is 28.5. The van der Waals surface area contributed by atoms with Gasteiger partial charge in [-0.3, -0.25) is 0 Å². The monoisotopic (exact) mass is 724 g/mol. The molecule has 0 unspecified atom stereocenters. The maximum Gasteiger partial charge on any atom is 0.653 e. The van der Waals surface area contributed by atoms with Crippen LogP contribution in [-0.4, -0.2) is 34.3 Å². The standard InChI is InChI=1S/C13H16Si.C10H7F3Si.C9H14Si.C6H5F3Si/c1-14(2,3)13-10-6-8-11-7-4-5-9-12(11)13;11-14(12,13)10-7-3-5-8-4-1-2-6-9(8)10;1-10(2,3)9-7-5-4-6-8-9;7-10(8,9)6-4-2-1-3-5-6/h4-10H,1-3H3;1-7H;4-8H,1-3H3;1-5H. The van der Waals surface area contributed by atoms with Crippen molar-refractivity contribution in [3.8, 4) is 0 Å². The smallest absolute Gasteiger partial charge is 0.234 e. The Hall–Kier alpha value is -3.71. The van der Waals surface area contributed by atoms with Crippen LogP contribution >= 0.6 is 0 Å². The van der Waals surface area contributed by atoms with Crippen LogP contribution in [0.25, 0.3) is 21.5 Å². The predicted molar refractivity (Wildman–Crippen MR) is 204 cm³/mol. The van der Waals surface area contributed by atoms with E-state index in [9.17, 15) is 24.6 Å². The highest BCUT2D eigenvalue weighted by molar-refractivity contribution is 6.90. The molecule has 48 heavy (non-hydrogen) atoms. The third kappa shape index (κ3) is 11.8. The lowest BCUT2D eigenvalue weighted by Gasteiger charge is -2.18. The zero-order chi connectivity index (χ0) is 35.6. The number of fused-ring (bicyclic) bond motifs is 2. The molecule has 0 aromatic heterocycles. The highest BCUT2D eigenvalue weighted by Gasteiger charge is 2.41. The lowest BCUT2D eigenvalue weighted by molar-refractivity contribution is 0.499. The Morgan fingerprint density at radius 2 is 0.667 bits per heavy atom. The van der Waals surface area contributed by atoms with Gasteiger partial charge in [-0.1, -0.05) is 195 Å². The fourth-order valence-electron chi connectivity index (χ4n) is 4.92. The van der Waals surface area contributed by atoms with Gasteiger partial charge in [-0.15, -0.1) is 0 Å². The molecule has 0 aliphatic carbocycles. The van der Waals surface area contributed by atoms with Gasteiger partial charge < -0.3 is 0 Å². The Balaban J connectivity index is 0.000000176. The van der Waals surface area contributed by atoms with E-state index in [4.69, 9.17) is 0 Å². The zero-order valence-corrected chi connectivity index (χ0v) is 32.1. The van der Waals surface area contributed by atoms with E-state index in [0.717, 1.165) is 18.2 Å². The first-order valence-corrected chi connectivity index (χ1v) is 25.9. The summed E-state index contributed by atoms with van der Waals surface area (Å²) in [5, 5.41) is 5.97. The van der Waals surface area contributed by atoms with Gasteiger partial charge in [0.05, 0.1) is 16.1 Å². The second-order valence-corrected chi connectivity index (χ2v) is 26.5. The molecule has 0 bridgehead atoms. The molecule has 0 fully saturated rings. The minimum atomic E-state index is -5.70. The molecular formula is C38H42F6Si4. The van der Waals surface area contributed by atoms with Crippen LogP contribution in [0.5, 0.6) is 0 Å². The van der Waals surface area contributed by atoms with Crippen LogP contribution in [0, 0.1) is 0 Å². The predicted octanol–water partition coefficient (Wildman–Crippen LogP) is 10.3. The number of halogens is 6. The lowest BCUT2D eigenvalue weighted by atomic mass is 10.1. The van der Waals surface area contributed by atoms with Gasteiger partial charge in [0.1, 0.15) is 0 Å². The van der Waals surface area contributed by atoms with Crippen molar-refractivity contribution in [2.75, 3.05) is 0 Å². The molecule has 6 rings (SSSR count). The molecule has 6 aromatic carbocycles. The zero-order valence-electron chi connectivity index (χ0n) is 28.1. The van der Waals surface area contributed by atoms with E-state index in [-0.39, 0.29) is 0 Å². The fraction of sp³-hybridized carbons (Fsp3) is 0.158. The van der Waals surface area contributed by atoms with Crippen molar-refractivity contribution in [1.29, 1.82) is 0 Å². The summed E-state index contributed by atoms with van der Waals surface area (Å²) in [5.74, 6) is 0. The molecule has 0 aliphatic heterocycles. The summed E-state index contributed by atoms with van der Waals surface area (Å²) < 4.78 is 73.8. The quantitative estimate of drug-likeness (QED) is 0.0965. The van der Waals surface area contributed by atoms with Crippen molar-refractivity contribution >= 4 is 76.6 Å². The molecule has 0 radical (unpaired) electrons. The van der Waals surface area contributed by atoms with Crippen LogP contribution in [0.2, 0.25) is 39.3 Å². The third-order valence-electron chi connectivity index (χ3n) is 7.43. The molecule has 0 heterocycles.